The fourth-order valence-electron chi connectivity index (χ4n) is 2.81. The average molecular weight is 407 g/mol. The predicted octanol–water partition coefficient (Wildman–Crippen LogP) is 1.99. The number of amides is 1. The van der Waals surface area contributed by atoms with Crippen molar-refractivity contribution < 1.29 is 13.2 Å². The number of hydrogen-bond donors (Lipinski definition) is 1. The third kappa shape index (κ3) is 4.49. The molecule has 0 bridgehead atoms. The van der Waals surface area contributed by atoms with Gasteiger partial charge in [0.25, 0.3) is 5.91 Å². The SMILES string of the molecule is CSc1ncccc1C(=O)Nc1ccc(S(=O)(=O)N2CCN(C)CC2)cc1. The molecular formula is C18H22N4O3S2. The van der Waals surface area contributed by atoms with E-state index >= 15 is 0 Å². The highest BCUT2D eigenvalue weighted by molar-refractivity contribution is 7.98. The number of thioether (sulfide) groups is 1. The quantitative estimate of drug-likeness (QED) is 0.765. The Bertz CT molecular complexity index is 908. The van der Waals surface area contributed by atoms with Gasteiger partial charge in [-0.25, -0.2) is 13.4 Å². The molecule has 0 spiro atoms. The summed E-state index contributed by atoms with van der Waals surface area (Å²) in [4.78, 5) is 19.0. The van der Waals surface area contributed by atoms with E-state index in [2.05, 4.69) is 15.2 Å². The van der Waals surface area contributed by atoms with E-state index in [-0.39, 0.29) is 10.8 Å². The second kappa shape index (κ2) is 8.39. The first-order valence-corrected chi connectivity index (χ1v) is 11.2. The molecule has 1 aliphatic heterocycles. The first-order chi connectivity index (χ1) is 12.9. The smallest absolute Gasteiger partial charge is 0.258 e. The number of carbonyl (C=O) groups is 1. The van der Waals surface area contributed by atoms with E-state index in [1.54, 1.807) is 30.5 Å². The van der Waals surface area contributed by atoms with Gasteiger partial charge in [0.15, 0.2) is 0 Å². The zero-order valence-corrected chi connectivity index (χ0v) is 16.9. The average Bonchev–Trinajstić information content (AvgIpc) is 2.68. The van der Waals surface area contributed by atoms with E-state index < -0.39 is 10.0 Å². The largest absolute Gasteiger partial charge is 0.322 e. The van der Waals surface area contributed by atoms with Gasteiger partial charge in [0, 0.05) is 38.1 Å². The van der Waals surface area contributed by atoms with Crippen LogP contribution in [0.1, 0.15) is 10.4 Å². The maximum absolute atomic E-state index is 12.7. The minimum atomic E-state index is -3.51. The van der Waals surface area contributed by atoms with Gasteiger partial charge in [-0.1, -0.05) is 0 Å². The van der Waals surface area contributed by atoms with Crippen molar-refractivity contribution in [2.45, 2.75) is 9.92 Å². The summed E-state index contributed by atoms with van der Waals surface area (Å²) in [6, 6.07) is 9.69. The van der Waals surface area contributed by atoms with E-state index in [0.29, 0.717) is 29.4 Å². The number of rotatable bonds is 5. The Morgan fingerprint density at radius 2 is 1.78 bits per heavy atom. The number of benzene rings is 1. The van der Waals surface area contributed by atoms with Crippen LogP contribution in [0.3, 0.4) is 0 Å². The van der Waals surface area contributed by atoms with Gasteiger partial charge in [-0.3, -0.25) is 4.79 Å². The molecule has 0 aliphatic carbocycles. The lowest BCUT2D eigenvalue weighted by atomic mass is 10.2. The van der Waals surface area contributed by atoms with Crippen LogP contribution in [0.5, 0.6) is 0 Å². The number of carbonyl (C=O) groups excluding carboxylic acids is 1. The molecule has 3 rings (SSSR count). The first kappa shape index (κ1) is 19.8. The molecule has 0 unspecified atom stereocenters. The van der Waals surface area contributed by atoms with Crippen LogP contribution in [0.4, 0.5) is 5.69 Å². The van der Waals surface area contributed by atoms with E-state index in [1.807, 2.05) is 13.3 Å². The lowest BCUT2D eigenvalue weighted by Gasteiger charge is -2.31. The monoisotopic (exact) mass is 406 g/mol. The van der Waals surface area contributed by atoms with Gasteiger partial charge >= 0.3 is 0 Å². The van der Waals surface area contributed by atoms with Gasteiger partial charge in [-0.05, 0) is 49.7 Å². The van der Waals surface area contributed by atoms with Crippen molar-refractivity contribution >= 4 is 33.4 Å². The maximum atomic E-state index is 12.7. The summed E-state index contributed by atoms with van der Waals surface area (Å²) in [5.74, 6) is -0.276. The number of hydrogen-bond acceptors (Lipinski definition) is 6. The summed E-state index contributed by atoms with van der Waals surface area (Å²) < 4.78 is 27.0. The summed E-state index contributed by atoms with van der Waals surface area (Å²) in [6.45, 7) is 2.40. The molecule has 2 heterocycles. The maximum Gasteiger partial charge on any atom is 0.258 e. The summed E-state index contributed by atoms with van der Waals surface area (Å²) in [5.41, 5.74) is 1.02. The van der Waals surface area contributed by atoms with Crippen molar-refractivity contribution in [2.75, 3.05) is 44.8 Å². The molecule has 1 N–H and O–H groups in total. The molecule has 7 nitrogen and oxygen atoms in total. The third-order valence-electron chi connectivity index (χ3n) is 4.42. The summed E-state index contributed by atoms with van der Waals surface area (Å²) >= 11 is 1.40. The predicted molar refractivity (Wildman–Crippen MR) is 107 cm³/mol. The number of pyridine rings is 1. The molecule has 1 aliphatic rings. The van der Waals surface area contributed by atoms with Gasteiger partial charge in [-0.15, -0.1) is 11.8 Å². The number of likely N-dealkylation sites (N-methyl/N-ethyl adjacent to an activating group) is 1. The molecule has 1 amide bonds. The molecule has 2 aromatic rings. The summed E-state index contributed by atoms with van der Waals surface area (Å²) in [5, 5.41) is 3.43. The van der Waals surface area contributed by atoms with Crippen molar-refractivity contribution in [1.82, 2.24) is 14.2 Å². The highest BCUT2D eigenvalue weighted by atomic mass is 32.2. The van der Waals surface area contributed by atoms with E-state index in [1.165, 1.54) is 28.2 Å². The van der Waals surface area contributed by atoms with Gasteiger partial charge in [0.1, 0.15) is 5.03 Å². The molecule has 1 saturated heterocycles. The molecule has 0 saturated carbocycles. The number of aromatic nitrogens is 1. The Morgan fingerprint density at radius 3 is 2.41 bits per heavy atom. The summed E-state index contributed by atoms with van der Waals surface area (Å²) in [6.07, 6.45) is 3.50. The summed E-state index contributed by atoms with van der Waals surface area (Å²) in [7, 11) is -1.53. The van der Waals surface area contributed by atoms with E-state index in [4.69, 9.17) is 0 Å². The van der Waals surface area contributed by atoms with Gasteiger partial charge in [-0.2, -0.15) is 4.31 Å². The lowest BCUT2D eigenvalue weighted by molar-refractivity contribution is 0.102. The van der Waals surface area contributed by atoms with E-state index in [0.717, 1.165) is 13.1 Å². The molecule has 9 heteroatoms. The molecular weight excluding hydrogens is 384 g/mol. The van der Waals surface area contributed by atoms with Crippen molar-refractivity contribution in [3.63, 3.8) is 0 Å². The van der Waals surface area contributed by atoms with Crippen LogP contribution in [0.15, 0.2) is 52.5 Å². The van der Waals surface area contributed by atoms with Crippen LogP contribution in [-0.4, -0.2) is 68.0 Å². The normalized spacial score (nSPS) is 16.2. The third-order valence-corrected chi connectivity index (χ3v) is 7.05. The number of nitrogens with zero attached hydrogens (tertiary/aromatic N) is 3. The van der Waals surface area contributed by atoms with E-state index in [9.17, 15) is 13.2 Å². The number of nitrogens with one attached hydrogen (secondary N) is 1. The zero-order chi connectivity index (χ0) is 19.4. The molecule has 0 radical (unpaired) electrons. The second-order valence-electron chi connectivity index (χ2n) is 6.25. The van der Waals surface area contributed by atoms with Crippen molar-refractivity contribution in [3.8, 4) is 0 Å². The lowest BCUT2D eigenvalue weighted by Crippen LogP contribution is -2.46. The Morgan fingerprint density at radius 1 is 1.11 bits per heavy atom. The highest BCUT2D eigenvalue weighted by Crippen LogP contribution is 2.21. The topological polar surface area (TPSA) is 82.6 Å². The van der Waals surface area contributed by atoms with Crippen molar-refractivity contribution in [1.29, 1.82) is 0 Å². The minimum Gasteiger partial charge on any atom is -0.322 e. The van der Waals surface area contributed by atoms with Crippen LogP contribution >= 0.6 is 11.8 Å². The van der Waals surface area contributed by atoms with Gasteiger partial charge in [0.2, 0.25) is 10.0 Å². The molecule has 1 aromatic heterocycles. The Balaban J connectivity index is 1.72. The molecule has 1 aromatic carbocycles. The molecule has 27 heavy (non-hydrogen) atoms. The number of sulfonamides is 1. The van der Waals surface area contributed by atoms with Crippen LogP contribution in [0, 0.1) is 0 Å². The van der Waals surface area contributed by atoms with Crippen LogP contribution in [-0.2, 0) is 10.0 Å². The fourth-order valence-corrected chi connectivity index (χ4v) is 4.78. The molecule has 144 valence electrons. The highest BCUT2D eigenvalue weighted by Gasteiger charge is 2.27. The molecule has 0 atom stereocenters. The Labute approximate surface area is 163 Å². The Kier molecular flexibility index (Phi) is 6.15. The van der Waals surface area contributed by atoms with Crippen LogP contribution in [0.2, 0.25) is 0 Å². The van der Waals surface area contributed by atoms with Crippen LogP contribution < -0.4 is 5.32 Å². The number of anilines is 1. The van der Waals surface area contributed by atoms with Gasteiger partial charge < -0.3 is 10.2 Å². The van der Waals surface area contributed by atoms with Crippen molar-refractivity contribution in [3.05, 3.63) is 48.2 Å². The zero-order valence-electron chi connectivity index (χ0n) is 15.3. The number of piperazine rings is 1. The fraction of sp³-hybridized carbons (Fsp3) is 0.333. The van der Waals surface area contributed by atoms with Crippen LogP contribution in [0.25, 0.3) is 0 Å². The second-order valence-corrected chi connectivity index (χ2v) is 8.98. The van der Waals surface area contributed by atoms with Crippen molar-refractivity contribution in [2.24, 2.45) is 0 Å². The first-order valence-electron chi connectivity index (χ1n) is 8.51. The standard InChI is InChI=1S/C18H22N4O3S2/c1-21-10-12-22(13-11-21)27(24,25)15-7-5-14(6-8-15)20-17(23)16-4-3-9-19-18(16)26-2/h3-9H,10-13H2,1-2H3,(H,20,23). The minimum absolute atomic E-state index is 0.233. The molecule has 1 fully saturated rings. The Hall–Kier alpha value is -1.94. The van der Waals surface area contributed by atoms with Gasteiger partial charge in [0.05, 0.1) is 10.5 Å².